The molecule has 4 N–H and O–H groups in total. The Bertz CT molecular complexity index is 1630. The van der Waals surface area contributed by atoms with Crippen LogP contribution in [0.4, 0.5) is 22.0 Å². The number of thioether (sulfide) groups is 1. The molecule has 2 aromatic carbocycles. The van der Waals surface area contributed by atoms with Crippen molar-refractivity contribution in [1.82, 2.24) is 30.2 Å². The Hall–Kier alpha value is -4.03. The molecule has 3 atom stereocenters. The van der Waals surface area contributed by atoms with Gasteiger partial charge in [0.15, 0.2) is 5.82 Å². The number of amides is 3. The summed E-state index contributed by atoms with van der Waals surface area (Å²) in [7, 11) is 0. The molecule has 214 valence electrons. The maximum atomic E-state index is 12.5. The molecule has 7 rings (SSSR count). The molecule has 5 heterocycles. The number of nitrogens with one attached hydrogen (secondary N) is 4. The van der Waals surface area contributed by atoms with Gasteiger partial charge in [0.2, 0.25) is 5.91 Å². The van der Waals surface area contributed by atoms with Crippen molar-refractivity contribution in [3.05, 3.63) is 72.9 Å². The summed E-state index contributed by atoms with van der Waals surface area (Å²) < 4.78 is 2.07. The van der Waals surface area contributed by atoms with Crippen LogP contribution in [-0.2, 0) is 11.3 Å². The zero-order valence-electron chi connectivity index (χ0n) is 22.7. The lowest BCUT2D eigenvalue weighted by molar-refractivity contribution is -0.116. The zero-order chi connectivity index (χ0) is 28.5. The second kappa shape index (κ2) is 11.7. The number of nitrogens with zero attached hydrogens (tertiary/aromatic N) is 4. The fourth-order valence-electron chi connectivity index (χ4n) is 5.61. The number of urea groups is 1. The van der Waals surface area contributed by atoms with Gasteiger partial charge in [0.25, 0.3) is 0 Å². The fourth-order valence-corrected chi connectivity index (χ4v) is 8.03. The van der Waals surface area contributed by atoms with Gasteiger partial charge < -0.3 is 25.8 Å². The van der Waals surface area contributed by atoms with Gasteiger partial charge >= 0.3 is 6.03 Å². The minimum absolute atomic E-state index is 0.0216. The standard InChI is InChI=1S/C30H30N8O2S2/c39-26(4-2-1-3-25-27-23(16-41-25)36-30(40)37-27)34-20-8-6-19(7-9-20)22-15-38(17-33-22)14-18-5-10-24-21(13-18)35-28-29(42-24)32-12-11-31-28/h5-13,15,17,23,25,27H,1-4,14,16H2,(H,31,35)(H,34,39)(H2,36,37,40). The summed E-state index contributed by atoms with van der Waals surface area (Å²) in [6, 6.07) is 14.6. The van der Waals surface area contributed by atoms with Crippen molar-refractivity contribution < 1.29 is 9.59 Å². The van der Waals surface area contributed by atoms with E-state index in [0.29, 0.717) is 18.2 Å². The highest BCUT2D eigenvalue weighted by Gasteiger charge is 2.42. The summed E-state index contributed by atoms with van der Waals surface area (Å²) >= 11 is 3.53. The first-order valence-electron chi connectivity index (χ1n) is 14.1. The summed E-state index contributed by atoms with van der Waals surface area (Å²) in [5.41, 5.74) is 4.84. The minimum atomic E-state index is -0.0559. The van der Waals surface area contributed by atoms with E-state index in [1.165, 1.54) is 0 Å². The van der Waals surface area contributed by atoms with Crippen LogP contribution in [0, 0.1) is 0 Å². The van der Waals surface area contributed by atoms with Crippen LogP contribution >= 0.6 is 23.5 Å². The van der Waals surface area contributed by atoms with E-state index in [4.69, 9.17) is 0 Å². The molecule has 0 spiro atoms. The maximum absolute atomic E-state index is 12.5. The minimum Gasteiger partial charge on any atom is -0.337 e. The predicted octanol–water partition coefficient (Wildman–Crippen LogP) is 5.26. The number of aromatic nitrogens is 4. The summed E-state index contributed by atoms with van der Waals surface area (Å²) in [5.74, 6) is 1.77. The number of carbonyl (C=O) groups excluding carboxylic acids is 2. The average Bonchev–Trinajstić information content (AvgIpc) is 3.71. The van der Waals surface area contributed by atoms with Gasteiger partial charge in [-0.25, -0.2) is 19.7 Å². The Balaban J connectivity index is 0.887. The first-order chi connectivity index (χ1) is 20.6. The van der Waals surface area contributed by atoms with E-state index in [0.717, 1.165) is 69.0 Å². The van der Waals surface area contributed by atoms with E-state index in [-0.39, 0.29) is 24.0 Å². The van der Waals surface area contributed by atoms with Gasteiger partial charge in [0.05, 0.1) is 29.8 Å². The number of hydrogen-bond acceptors (Lipinski definition) is 8. The number of carbonyl (C=O) groups is 2. The lowest BCUT2D eigenvalue weighted by atomic mass is 10.0. The van der Waals surface area contributed by atoms with Crippen LogP contribution in [0.25, 0.3) is 11.3 Å². The maximum Gasteiger partial charge on any atom is 0.315 e. The molecule has 3 aliphatic rings. The number of unbranched alkanes of at least 4 members (excludes halogenated alkanes) is 1. The highest BCUT2D eigenvalue weighted by atomic mass is 32.2. The first-order valence-corrected chi connectivity index (χ1v) is 15.9. The molecule has 0 radical (unpaired) electrons. The Morgan fingerprint density at radius 3 is 2.83 bits per heavy atom. The van der Waals surface area contributed by atoms with Gasteiger partial charge in [-0.1, -0.05) is 36.4 Å². The number of hydrogen-bond donors (Lipinski definition) is 4. The molecule has 2 aromatic heterocycles. The van der Waals surface area contributed by atoms with Crippen molar-refractivity contribution in [2.45, 2.75) is 59.5 Å². The molecule has 0 aliphatic carbocycles. The highest BCUT2D eigenvalue weighted by Crippen LogP contribution is 2.42. The molecule has 2 saturated heterocycles. The summed E-state index contributed by atoms with van der Waals surface area (Å²) in [5, 5.41) is 13.7. The molecule has 12 heteroatoms. The lowest BCUT2D eigenvalue weighted by Gasteiger charge is -2.19. The highest BCUT2D eigenvalue weighted by molar-refractivity contribution is 8.00. The Morgan fingerprint density at radius 1 is 1.05 bits per heavy atom. The number of fused-ring (bicyclic) bond motifs is 3. The number of imidazole rings is 1. The molecular formula is C30H30N8O2S2. The molecule has 0 bridgehead atoms. The molecule has 3 unspecified atom stereocenters. The molecule has 42 heavy (non-hydrogen) atoms. The Kier molecular flexibility index (Phi) is 7.47. The molecular weight excluding hydrogens is 569 g/mol. The SMILES string of the molecule is O=C(CCCCC1SCC2NC(=O)NC21)Nc1ccc(-c2cn(Cc3ccc4c(c3)Nc3nccnc3S4)cn2)cc1. The summed E-state index contributed by atoms with van der Waals surface area (Å²) in [4.78, 5) is 38.6. The van der Waals surface area contributed by atoms with Crippen molar-refractivity contribution in [1.29, 1.82) is 0 Å². The van der Waals surface area contributed by atoms with E-state index < -0.39 is 0 Å². The normalized spacial score (nSPS) is 20.1. The van der Waals surface area contributed by atoms with Gasteiger partial charge in [0, 0.05) is 58.7 Å². The van der Waals surface area contributed by atoms with E-state index in [2.05, 4.69) is 59.0 Å². The quantitative estimate of drug-likeness (QED) is 0.134. The number of anilines is 3. The summed E-state index contributed by atoms with van der Waals surface area (Å²) in [6.45, 7) is 0.695. The van der Waals surface area contributed by atoms with Crippen molar-refractivity contribution in [3.8, 4) is 11.3 Å². The molecule has 10 nitrogen and oxygen atoms in total. The van der Waals surface area contributed by atoms with Gasteiger partial charge in [0.1, 0.15) is 5.03 Å². The predicted molar refractivity (Wildman–Crippen MR) is 165 cm³/mol. The van der Waals surface area contributed by atoms with E-state index in [9.17, 15) is 9.59 Å². The van der Waals surface area contributed by atoms with Crippen molar-refractivity contribution >= 4 is 52.7 Å². The largest absolute Gasteiger partial charge is 0.337 e. The van der Waals surface area contributed by atoms with Gasteiger partial charge in [-0.15, -0.1) is 0 Å². The van der Waals surface area contributed by atoms with Crippen molar-refractivity contribution in [3.63, 3.8) is 0 Å². The second-order valence-corrected chi connectivity index (χ2v) is 13.0. The second-order valence-electron chi connectivity index (χ2n) is 10.7. The molecule has 2 fully saturated rings. The molecule has 4 aromatic rings. The van der Waals surface area contributed by atoms with Crippen molar-refractivity contribution in [2.75, 3.05) is 16.4 Å². The molecule has 3 amide bonds. The van der Waals surface area contributed by atoms with Crippen LogP contribution in [0.3, 0.4) is 0 Å². The fraction of sp³-hybridized carbons (Fsp3) is 0.300. The Labute approximate surface area is 251 Å². The third-order valence-electron chi connectivity index (χ3n) is 7.71. The number of benzene rings is 2. The lowest BCUT2D eigenvalue weighted by Crippen LogP contribution is -2.36. The van der Waals surface area contributed by atoms with Crippen LogP contribution in [0.5, 0.6) is 0 Å². The third kappa shape index (κ3) is 5.82. The molecule has 0 saturated carbocycles. The van der Waals surface area contributed by atoms with Crippen LogP contribution in [0.2, 0.25) is 0 Å². The molecule has 3 aliphatic heterocycles. The Morgan fingerprint density at radius 2 is 1.93 bits per heavy atom. The van der Waals surface area contributed by atoms with Gasteiger partial charge in [-0.3, -0.25) is 4.79 Å². The zero-order valence-corrected chi connectivity index (χ0v) is 24.4. The van der Waals surface area contributed by atoms with Crippen molar-refractivity contribution in [2.24, 2.45) is 0 Å². The topological polar surface area (TPSA) is 126 Å². The van der Waals surface area contributed by atoms with Crippen LogP contribution in [0.1, 0.15) is 31.2 Å². The number of rotatable bonds is 9. The van der Waals surface area contributed by atoms with Crippen LogP contribution in [-0.4, -0.2) is 54.5 Å². The van der Waals surface area contributed by atoms with E-state index in [1.54, 1.807) is 24.2 Å². The third-order valence-corrected chi connectivity index (χ3v) is 10.3. The van der Waals surface area contributed by atoms with Crippen LogP contribution in [0.15, 0.2) is 77.3 Å². The van der Waals surface area contributed by atoms with Gasteiger partial charge in [-0.2, -0.15) is 11.8 Å². The summed E-state index contributed by atoms with van der Waals surface area (Å²) in [6.07, 6.45) is 10.6. The monoisotopic (exact) mass is 598 g/mol. The smallest absolute Gasteiger partial charge is 0.315 e. The van der Waals surface area contributed by atoms with Gasteiger partial charge in [-0.05, 0) is 42.7 Å². The first kappa shape index (κ1) is 26.8. The van der Waals surface area contributed by atoms with Crippen LogP contribution < -0.4 is 21.3 Å². The van der Waals surface area contributed by atoms with E-state index in [1.807, 2.05) is 48.6 Å². The average molecular weight is 599 g/mol. The van der Waals surface area contributed by atoms with E-state index >= 15 is 0 Å².